The molecule has 1 N–H and O–H groups in total. The molecule has 0 spiro atoms. The molecule has 156 valence electrons. The number of para-hydroxylation sites is 1. The normalized spacial score (nSPS) is 11.3. The molecule has 0 unspecified atom stereocenters. The lowest BCUT2D eigenvalue weighted by Gasteiger charge is -2.09. The van der Waals surface area contributed by atoms with Crippen molar-refractivity contribution < 1.29 is 4.79 Å². The molecule has 0 saturated carbocycles. The first kappa shape index (κ1) is 21.5. The molecule has 0 aliphatic carbocycles. The van der Waals surface area contributed by atoms with Gasteiger partial charge in [-0.3, -0.25) is 9.59 Å². The van der Waals surface area contributed by atoms with Gasteiger partial charge in [-0.05, 0) is 45.5 Å². The van der Waals surface area contributed by atoms with Gasteiger partial charge in [0.25, 0.3) is 5.56 Å². The lowest BCUT2D eigenvalue weighted by atomic mass is 10.2. The summed E-state index contributed by atoms with van der Waals surface area (Å²) in [4.78, 5) is 26.0. The molecule has 0 radical (unpaired) electrons. The van der Waals surface area contributed by atoms with Gasteiger partial charge in [0.1, 0.15) is 10.0 Å². The topological polar surface area (TPSA) is 64.0 Å². The van der Waals surface area contributed by atoms with Gasteiger partial charge in [0.2, 0.25) is 5.91 Å². The summed E-state index contributed by atoms with van der Waals surface area (Å²) in [5.74, 6) is 0.505. The highest BCUT2D eigenvalue weighted by molar-refractivity contribution is 9.11. The number of halogens is 1. The standard InChI is InChI=1S/C23H18BrN3O2S2/c1-2-30-22-18-19(23(29)27(26-22)16-11-7-4-8-12-16)21(31-20(18)24)25-17(28)14-13-15-9-5-3-6-10-15/h3-14H,2H2,1H3,(H,25,28)/b14-13+. The number of anilines is 1. The smallest absolute Gasteiger partial charge is 0.282 e. The molecular formula is C23H18BrN3O2S2. The van der Waals surface area contributed by atoms with E-state index in [9.17, 15) is 9.59 Å². The third-order valence-corrected chi connectivity index (χ3v) is 7.05. The van der Waals surface area contributed by atoms with Crippen LogP contribution in [0.5, 0.6) is 0 Å². The molecule has 2 aromatic heterocycles. The van der Waals surface area contributed by atoms with Crippen LogP contribution in [0.2, 0.25) is 0 Å². The number of nitrogens with one attached hydrogen (secondary N) is 1. The van der Waals surface area contributed by atoms with Gasteiger partial charge < -0.3 is 5.32 Å². The molecule has 5 nitrogen and oxygen atoms in total. The second kappa shape index (κ2) is 9.64. The predicted octanol–water partition coefficient (Wildman–Crippen LogP) is 5.97. The molecule has 2 aromatic carbocycles. The summed E-state index contributed by atoms with van der Waals surface area (Å²) >= 11 is 6.44. The number of nitrogens with zero attached hydrogens (tertiary/aromatic N) is 2. The van der Waals surface area contributed by atoms with E-state index in [1.807, 2.05) is 67.6 Å². The quantitative estimate of drug-likeness (QED) is 0.255. The SMILES string of the molecule is CCSc1nn(-c2ccccc2)c(=O)c2c(NC(=O)/C=C/c3ccccc3)sc(Br)c12. The maximum absolute atomic E-state index is 13.4. The van der Waals surface area contributed by atoms with Crippen molar-refractivity contribution in [3.63, 3.8) is 0 Å². The zero-order chi connectivity index (χ0) is 21.8. The van der Waals surface area contributed by atoms with E-state index in [0.29, 0.717) is 16.1 Å². The highest BCUT2D eigenvalue weighted by Crippen LogP contribution is 2.41. The Morgan fingerprint density at radius 3 is 2.48 bits per heavy atom. The van der Waals surface area contributed by atoms with Crippen molar-refractivity contribution in [3.8, 4) is 5.69 Å². The molecule has 0 saturated heterocycles. The fraction of sp³-hybridized carbons (Fsp3) is 0.0870. The van der Waals surface area contributed by atoms with Crippen LogP contribution in [0, 0.1) is 0 Å². The molecule has 1 amide bonds. The van der Waals surface area contributed by atoms with Crippen molar-refractivity contribution in [2.75, 3.05) is 11.1 Å². The van der Waals surface area contributed by atoms with E-state index in [4.69, 9.17) is 0 Å². The van der Waals surface area contributed by atoms with Crippen molar-refractivity contribution in [2.24, 2.45) is 0 Å². The van der Waals surface area contributed by atoms with E-state index in [2.05, 4.69) is 26.3 Å². The number of fused-ring (bicyclic) bond motifs is 1. The van der Waals surface area contributed by atoms with E-state index in [1.54, 1.807) is 17.8 Å². The Balaban J connectivity index is 1.79. The van der Waals surface area contributed by atoms with E-state index in [1.165, 1.54) is 22.1 Å². The summed E-state index contributed by atoms with van der Waals surface area (Å²) in [5, 5.41) is 9.91. The maximum Gasteiger partial charge on any atom is 0.282 e. The third-order valence-electron chi connectivity index (χ3n) is 4.42. The summed E-state index contributed by atoms with van der Waals surface area (Å²) in [6.45, 7) is 2.04. The molecule has 31 heavy (non-hydrogen) atoms. The van der Waals surface area contributed by atoms with Crippen molar-refractivity contribution in [3.05, 3.63) is 86.4 Å². The minimum Gasteiger partial charge on any atom is -0.313 e. The zero-order valence-corrected chi connectivity index (χ0v) is 19.8. The molecule has 0 fully saturated rings. The number of thioether (sulfide) groups is 1. The number of carbonyl (C=O) groups is 1. The summed E-state index contributed by atoms with van der Waals surface area (Å²) in [5.41, 5.74) is 1.33. The molecule has 0 atom stereocenters. The van der Waals surface area contributed by atoms with Crippen LogP contribution in [0.1, 0.15) is 12.5 Å². The first-order valence-electron chi connectivity index (χ1n) is 9.56. The van der Waals surface area contributed by atoms with Crippen molar-refractivity contribution >= 4 is 66.8 Å². The Labute approximate surface area is 195 Å². The van der Waals surface area contributed by atoms with Crippen LogP contribution in [0.4, 0.5) is 5.00 Å². The van der Waals surface area contributed by atoms with Gasteiger partial charge in [-0.1, -0.05) is 55.5 Å². The highest BCUT2D eigenvalue weighted by atomic mass is 79.9. The van der Waals surface area contributed by atoms with Crippen LogP contribution in [0.3, 0.4) is 0 Å². The number of amides is 1. The molecule has 4 aromatic rings. The third kappa shape index (κ3) is 4.66. The average Bonchev–Trinajstić information content (AvgIpc) is 3.12. The Morgan fingerprint density at radius 1 is 1.13 bits per heavy atom. The van der Waals surface area contributed by atoms with Crippen LogP contribution >= 0.6 is 39.0 Å². The van der Waals surface area contributed by atoms with Crippen LogP contribution in [0.15, 0.2) is 80.3 Å². The molecular weight excluding hydrogens is 494 g/mol. The summed E-state index contributed by atoms with van der Waals surface area (Å²) in [7, 11) is 0. The number of benzene rings is 2. The Hall–Kier alpha value is -2.68. The molecule has 4 rings (SSSR count). The van der Waals surface area contributed by atoms with Gasteiger partial charge in [-0.2, -0.15) is 9.78 Å². The number of carbonyl (C=O) groups excluding carboxylic acids is 1. The maximum atomic E-state index is 13.4. The van der Waals surface area contributed by atoms with Gasteiger partial charge in [0.15, 0.2) is 0 Å². The van der Waals surface area contributed by atoms with Crippen LogP contribution in [-0.2, 0) is 4.79 Å². The minimum atomic E-state index is -0.299. The monoisotopic (exact) mass is 511 g/mol. The fourth-order valence-corrected chi connectivity index (χ4v) is 5.80. The fourth-order valence-electron chi connectivity index (χ4n) is 3.05. The number of hydrogen-bond acceptors (Lipinski definition) is 5. The first-order valence-corrected chi connectivity index (χ1v) is 12.2. The summed E-state index contributed by atoms with van der Waals surface area (Å²) < 4.78 is 2.17. The second-order valence-corrected chi connectivity index (χ2v) is 10.1. The van der Waals surface area contributed by atoms with Gasteiger partial charge >= 0.3 is 0 Å². The van der Waals surface area contributed by atoms with Crippen molar-refractivity contribution in [1.29, 1.82) is 0 Å². The Kier molecular flexibility index (Phi) is 6.70. The number of hydrogen-bond donors (Lipinski definition) is 1. The molecule has 0 aliphatic heterocycles. The van der Waals surface area contributed by atoms with Crippen molar-refractivity contribution in [1.82, 2.24) is 9.78 Å². The minimum absolute atomic E-state index is 0.272. The van der Waals surface area contributed by atoms with Gasteiger partial charge in [0.05, 0.1) is 14.9 Å². The summed E-state index contributed by atoms with van der Waals surface area (Å²) in [6, 6.07) is 18.9. The molecule has 0 bridgehead atoms. The molecule has 2 heterocycles. The molecule has 8 heteroatoms. The number of aromatic nitrogens is 2. The van der Waals surface area contributed by atoms with E-state index in [0.717, 1.165) is 25.5 Å². The van der Waals surface area contributed by atoms with E-state index >= 15 is 0 Å². The predicted molar refractivity (Wildman–Crippen MR) is 133 cm³/mol. The lowest BCUT2D eigenvalue weighted by molar-refractivity contribution is -0.111. The van der Waals surface area contributed by atoms with Gasteiger partial charge in [0, 0.05) is 11.5 Å². The zero-order valence-electron chi connectivity index (χ0n) is 16.5. The first-order chi connectivity index (χ1) is 15.1. The lowest BCUT2D eigenvalue weighted by Crippen LogP contribution is -2.22. The number of rotatable bonds is 6. The molecule has 0 aliphatic rings. The van der Waals surface area contributed by atoms with Crippen LogP contribution in [0.25, 0.3) is 22.5 Å². The second-order valence-electron chi connectivity index (χ2n) is 6.48. The van der Waals surface area contributed by atoms with Gasteiger partial charge in [-0.15, -0.1) is 23.1 Å². The number of thiophene rings is 1. The van der Waals surface area contributed by atoms with Crippen LogP contribution in [-0.4, -0.2) is 21.4 Å². The largest absolute Gasteiger partial charge is 0.313 e. The Bertz CT molecular complexity index is 1320. The highest BCUT2D eigenvalue weighted by Gasteiger charge is 2.21. The van der Waals surface area contributed by atoms with Crippen LogP contribution < -0.4 is 10.9 Å². The Morgan fingerprint density at radius 2 is 1.81 bits per heavy atom. The van der Waals surface area contributed by atoms with Crippen molar-refractivity contribution in [2.45, 2.75) is 11.9 Å². The van der Waals surface area contributed by atoms with E-state index < -0.39 is 0 Å². The van der Waals surface area contributed by atoms with Gasteiger partial charge in [-0.25, -0.2) is 0 Å². The average molecular weight is 512 g/mol. The summed E-state index contributed by atoms with van der Waals surface area (Å²) in [6.07, 6.45) is 3.20. The van der Waals surface area contributed by atoms with E-state index in [-0.39, 0.29) is 11.5 Å².